The van der Waals surface area contributed by atoms with E-state index < -0.39 is 0 Å². The van der Waals surface area contributed by atoms with Crippen molar-refractivity contribution in [1.29, 1.82) is 0 Å². The Bertz CT molecular complexity index is 695. The summed E-state index contributed by atoms with van der Waals surface area (Å²) in [5, 5.41) is 10.9. The minimum atomic E-state index is -0.260. The van der Waals surface area contributed by atoms with E-state index in [0.29, 0.717) is 16.0 Å². The van der Waals surface area contributed by atoms with Gasteiger partial charge in [0, 0.05) is 19.0 Å². The van der Waals surface area contributed by atoms with Crippen LogP contribution in [0.15, 0.2) is 28.6 Å². The fraction of sp³-hybridized carbons (Fsp3) is 0.357. The van der Waals surface area contributed by atoms with Crippen LogP contribution in [0.5, 0.6) is 0 Å². The highest BCUT2D eigenvalue weighted by atomic mass is 32.2. The Kier molecular flexibility index (Phi) is 5.61. The molecule has 1 saturated heterocycles. The van der Waals surface area contributed by atoms with E-state index in [0.717, 1.165) is 12.1 Å². The van der Waals surface area contributed by atoms with Crippen LogP contribution in [0, 0.1) is 11.7 Å². The third kappa shape index (κ3) is 4.41. The first-order chi connectivity index (χ1) is 11.6. The van der Waals surface area contributed by atoms with E-state index in [9.17, 15) is 9.18 Å². The van der Waals surface area contributed by atoms with Crippen molar-refractivity contribution in [2.75, 3.05) is 24.6 Å². The number of rotatable bonds is 6. The van der Waals surface area contributed by atoms with Crippen molar-refractivity contribution in [3.05, 3.63) is 35.6 Å². The molecule has 3 rings (SSSR count). The van der Waals surface area contributed by atoms with Crippen molar-refractivity contribution < 1.29 is 9.18 Å². The number of halogens is 1. The van der Waals surface area contributed by atoms with Crippen molar-refractivity contribution in [3.63, 3.8) is 0 Å². The van der Waals surface area contributed by atoms with Gasteiger partial charge in [0.1, 0.15) is 5.82 Å². The number of carbonyl (C=O) groups excluding carboxylic acids is 1. The lowest BCUT2D eigenvalue weighted by molar-refractivity contribution is -0.118. The number of hydrazine groups is 1. The van der Waals surface area contributed by atoms with Gasteiger partial charge in [0.15, 0.2) is 4.34 Å². The molecule has 1 aromatic carbocycles. The molecule has 2 heterocycles. The Morgan fingerprint density at radius 3 is 2.92 bits per heavy atom. The molecule has 7 nitrogen and oxygen atoms in total. The van der Waals surface area contributed by atoms with Crippen molar-refractivity contribution in [2.45, 2.75) is 10.4 Å². The average molecular weight is 368 g/mol. The number of nitrogens with two attached hydrogens (primary N) is 1. The van der Waals surface area contributed by atoms with Gasteiger partial charge in [0.2, 0.25) is 11.0 Å². The first kappa shape index (κ1) is 17.1. The summed E-state index contributed by atoms with van der Waals surface area (Å²) in [6.45, 7) is 1.25. The molecule has 2 unspecified atom stereocenters. The molecule has 2 aromatic rings. The lowest BCUT2D eigenvalue weighted by Crippen LogP contribution is -2.33. The van der Waals surface area contributed by atoms with Gasteiger partial charge in [0.25, 0.3) is 0 Å². The number of thioether (sulfide) groups is 1. The second kappa shape index (κ2) is 7.88. The first-order valence-electron chi connectivity index (χ1n) is 7.34. The van der Waals surface area contributed by atoms with E-state index in [1.807, 2.05) is 0 Å². The molecule has 0 aliphatic carbocycles. The van der Waals surface area contributed by atoms with Crippen molar-refractivity contribution in [3.8, 4) is 0 Å². The number of nitrogens with zero attached hydrogens (tertiary/aromatic N) is 2. The maximum Gasteiger partial charge on any atom is 0.230 e. The fourth-order valence-corrected chi connectivity index (χ4v) is 3.92. The quantitative estimate of drug-likeness (QED) is 0.562. The zero-order valence-electron chi connectivity index (χ0n) is 12.7. The predicted molar refractivity (Wildman–Crippen MR) is 91.8 cm³/mol. The largest absolute Gasteiger partial charge is 0.374 e. The maximum atomic E-state index is 13.0. The molecule has 128 valence electrons. The van der Waals surface area contributed by atoms with Gasteiger partial charge in [-0.15, -0.1) is 10.2 Å². The Labute approximate surface area is 146 Å². The highest BCUT2D eigenvalue weighted by molar-refractivity contribution is 8.01. The van der Waals surface area contributed by atoms with Crippen LogP contribution in [-0.2, 0) is 4.79 Å². The Morgan fingerprint density at radius 1 is 1.42 bits per heavy atom. The summed E-state index contributed by atoms with van der Waals surface area (Å²) in [5.74, 6) is 0.118. The highest BCUT2D eigenvalue weighted by Gasteiger charge is 2.28. The van der Waals surface area contributed by atoms with Crippen LogP contribution in [-0.4, -0.2) is 34.9 Å². The van der Waals surface area contributed by atoms with Gasteiger partial charge in [-0.1, -0.05) is 35.2 Å². The second-order valence-corrected chi connectivity index (χ2v) is 7.55. The number of hydrogen-bond donors (Lipinski definition) is 4. The van der Waals surface area contributed by atoms with E-state index in [4.69, 9.17) is 5.73 Å². The van der Waals surface area contributed by atoms with Gasteiger partial charge in [-0.25, -0.2) is 9.82 Å². The van der Waals surface area contributed by atoms with Crippen LogP contribution >= 0.6 is 23.1 Å². The summed E-state index contributed by atoms with van der Waals surface area (Å²) >= 11 is 2.57. The summed E-state index contributed by atoms with van der Waals surface area (Å²) in [6, 6.07) is 6.42. The van der Waals surface area contributed by atoms with E-state index >= 15 is 0 Å². The van der Waals surface area contributed by atoms with Gasteiger partial charge >= 0.3 is 0 Å². The lowest BCUT2D eigenvalue weighted by Gasteiger charge is -2.19. The van der Waals surface area contributed by atoms with Crippen LogP contribution in [0.3, 0.4) is 0 Å². The Balaban J connectivity index is 1.48. The van der Waals surface area contributed by atoms with Crippen LogP contribution in [0.4, 0.5) is 9.52 Å². The smallest absolute Gasteiger partial charge is 0.230 e. The molecule has 10 heteroatoms. The monoisotopic (exact) mass is 368 g/mol. The number of hydrogen-bond acceptors (Lipinski definition) is 8. The van der Waals surface area contributed by atoms with Gasteiger partial charge in [0.05, 0.1) is 11.8 Å². The number of amides is 1. The molecule has 2 atom stereocenters. The third-order valence-corrected chi connectivity index (χ3v) is 5.52. The molecular formula is C14H17FN6OS2. The standard InChI is InChI=1S/C14H17FN6OS2/c15-10-3-1-8(2-4-10)12-9(6-18-19-12)5-17-11(22)7-23-14-21-20-13(16)24-14/h1-4,9,12,18-19H,5-7H2,(H2,16,20)(H,17,22). The fourth-order valence-electron chi connectivity index (χ4n) is 2.45. The van der Waals surface area contributed by atoms with Crippen LogP contribution in [0.25, 0.3) is 0 Å². The summed E-state index contributed by atoms with van der Waals surface area (Å²) in [5.41, 5.74) is 12.7. The molecule has 0 bridgehead atoms. The zero-order valence-corrected chi connectivity index (χ0v) is 14.3. The average Bonchev–Trinajstić information content (AvgIpc) is 3.20. The highest BCUT2D eigenvalue weighted by Crippen LogP contribution is 2.25. The molecule has 0 radical (unpaired) electrons. The predicted octanol–water partition coefficient (Wildman–Crippen LogP) is 0.933. The SMILES string of the molecule is Nc1nnc(SCC(=O)NCC2CNNC2c2ccc(F)cc2)s1. The van der Waals surface area contributed by atoms with Gasteiger partial charge in [-0.05, 0) is 17.7 Å². The second-order valence-electron chi connectivity index (χ2n) is 5.31. The number of nitrogen functional groups attached to an aromatic ring is 1. The number of anilines is 1. The van der Waals surface area contributed by atoms with E-state index in [1.54, 1.807) is 12.1 Å². The number of aromatic nitrogens is 2. The van der Waals surface area contributed by atoms with Gasteiger partial charge in [-0.3, -0.25) is 10.2 Å². The zero-order chi connectivity index (χ0) is 16.9. The lowest BCUT2D eigenvalue weighted by atomic mass is 9.95. The molecule has 5 N–H and O–H groups in total. The van der Waals surface area contributed by atoms with E-state index in [1.165, 1.54) is 35.2 Å². The van der Waals surface area contributed by atoms with Gasteiger partial charge in [-0.2, -0.15) is 0 Å². The van der Waals surface area contributed by atoms with Crippen molar-refractivity contribution in [1.82, 2.24) is 26.4 Å². The van der Waals surface area contributed by atoms with Crippen LogP contribution < -0.4 is 21.9 Å². The first-order valence-corrected chi connectivity index (χ1v) is 9.14. The molecule has 24 heavy (non-hydrogen) atoms. The van der Waals surface area contributed by atoms with Crippen molar-refractivity contribution >= 4 is 34.1 Å². The molecule has 0 saturated carbocycles. The molecule has 0 spiro atoms. The molecule has 1 aliphatic heterocycles. The topological polar surface area (TPSA) is 105 Å². The summed E-state index contributed by atoms with van der Waals surface area (Å²) in [6.07, 6.45) is 0. The van der Waals surface area contributed by atoms with E-state index in [-0.39, 0.29) is 29.4 Å². The normalized spacial score (nSPS) is 20.2. The molecule has 1 amide bonds. The van der Waals surface area contributed by atoms with Gasteiger partial charge < -0.3 is 11.1 Å². The van der Waals surface area contributed by atoms with E-state index in [2.05, 4.69) is 26.4 Å². The summed E-state index contributed by atoms with van der Waals surface area (Å²) < 4.78 is 13.7. The number of carbonyl (C=O) groups is 1. The molecule has 1 aromatic heterocycles. The third-order valence-electron chi connectivity index (χ3n) is 3.63. The Morgan fingerprint density at radius 2 is 2.21 bits per heavy atom. The van der Waals surface area contributed by atoms with Crippen molar-refractivity contribution in [2.24, 2.45) is 5.92 Å². The minimum Gasteiger partial charge on any atom is -0.374 e. The van der Waals surface area contributed by atoms with Crippen LogP contribution in [0.1, 0.15) is 11.6 Å². The molecule has 1 fully saturated rings. The molecule has 1 aliphatic rings. The number of nitrogens with one attached hydrogen (secondary N) is 3. The maximum absolute atomic E-state index is 13.0. The summed E-state index contributed by atoms with van der Waals surface area (Å²) in [4.78, 5) is 12.0. The Hall–Kier alpha value is -1.75. The summed E-state index contributed by atoms with van der Waals surface area (Å²) in [7, 11) is 0. The minimum absolute atomic E-state index is 0.0292. The van der Waals surface area contributed by atoms with Crippen LogP contribution in [0.2, 0.25) is 0 Å². The number of benzene rings is 1. The molecular weight excluding hydrogens is 351 g/mol.